The first kappa shape index (κ1) is 22.1. The van der Waals surface area contributed by atoms with Gasteiger partial charge >= 0.3 is 0 Å². The van der Waals surface area contributed by atoms with E-state index in [1.165, 1.54) is 11.1 Å². The van der Waals surface area contributed by atoms with E-state index in [0.29, 0.717) is 18.7 Å². The molecule has 0 aliphatic carbocycles. The van der Waals surface area contributed by atoms with E-state index in [2.05, 4.69) is 49.4 Å². The number of aromatic nitrogens is 2. The summed E-state index contributed by atoms with van der Waals surface area (Å²) in [5, 5.41) is 6.67. The number of imidazole rings is 1. The van der Waals surface area contributed by atoms with Gasteiger partial charge < -0.3 is 20.1 Å². The first-order chi connectivity index (χ1) is 15.0. The lowest BCUT2D eigenvalue weighted by Gasteiger charge is -2.14. The largest absolute Gasteiger partial charge is 0.352 e. The van der Waals surface area contributed by atoms with Crippen LogP contribution in [0.1, 0.15) is 32.9 Å². The Hall–Kier alpha value is -3.61. The molecule has 0 saturated heterocycles. The number of hydrogen-bond donors (Lipinski definition) is 2. The van der Waals surface area contributed by atoms with Crippen molar-refractivity contribution in [3.05, 3.63) is 89.0 Å². The van der Waals surface area contributed by atoms with Crippen molar-refractivity contribution in [3.8, 4) is 0 Å². The summed E-state index contributed by atoms with van der Waals surface area (Å²) < 4.78 is 2.13. The van der Waals surface area contributed by atoms with Crippen LogP contribution < -0.4 is 10.6 Å². The molecule has 0 spiro atoms. The quantitative estimate of drug-likeness (QED) is 0.457. The van der Waals surface area contributed by atoms with Crippen LogP contribution in [0.4, 0.5) is 0 Å². The van der Waals surface area contributed by atoms with Crippen LogP contribution in [0, 0.1) is 6.92 Å². The number of carbonyl (C=O) groups excluding carboxylic acids is 1. The summed E-state index contributed by atoms with van der Waals surface area (Å²) in [5.74, 6) is 1.74. The van der Waals surface area contributed by atoms with Crippen molar-refractivity contribution in [2.75, 3.05) is 21.1 Å². The molecular formula is C24H30N6O. The number of rotatable bonds is 7. The summed E-state index contributed by atoms with van der Waals surface area (Å²) in [6.45, 7) is 4.11. The Kier molecular flexibility index (Phi) is 7.43. The number of nitrogens with zero attached hydrogens (tertiary/aromatic N) is 4. The molecule has 1 heterocycles. The molecule has 2 N–H and O–H groups in total. The highest BCUT2D eigenvalue weighted by Crippen LogP contribution is 2.09. The Bertz CT molecular complexity index is 1040. The lowest BCUT2D eigenvalue weighted by molar-refractivity contribution is 0.0827. The van der Waals surface area contributed by atoms with Crippen molar-refractivity contribution in [1.82, 2.24) is 25.1 Å². The van der Waals surface area contributed by atoms with Gasteiger partial charge in [0.25, 0.3) is 5.91 Å². The van der Waals surface area contributed by atoms with Gasteiger partial charge in [-0.2, -0.15) is 0 Å². The molecule has 162 valence electrons. The second kappa shape index (κ2) is 10.4. The summed E-state index contributed by atoms with van der Waals surface area (Å²) in [5.41, 5.74) is 4.18. The molecule has 0 fully saturated rings. The number of amides is 1. The number of benzene rings is 2. The number of nitrogens with one attached hydrogen (secondary N) is 2. The van der Waals surface area contributed by atoms with Crippen LogP contribution >= 0.6 is 0 Å². The van der Waals surface area contributed by atoms with Crippen molar-refractivity contribution in [2.45, 2.75) is 26.6 Å². The third-order valence-corrected chi connectivity index (χ3v) is 5.02. The summed E-state index contributed by atoms with van der Waals surface area (Å²) in [6.07, 6.45) is 3.82. The molecule has 3 aromatic rings. The molecule has 0 saturated carbocycles. The number of hydrogen-bond acceptors (Lipinski definition) is 3. The summed E-state index contributed by atoms with van der Waals surface area (Å²) in [6, 6.07) is 16.1. The smallest absolute Gasteiger partial charge is 0.253 e. The van der Waals surface area contributed by atoms with E-state index in [1.54, 1.807) is 26.0 Å². The molecule has 2 aromatic carbocycles. The molecule has 0 radical (unpaired) electrons. The van der Waals surface area contributed by atoms with E-state index < -0.39 is 0 Å². The van der Waals surface area contributed by atoms with Crippen LogP contribution in [-0.4, -0.2) is 47.5 Å². The van der Waals surface area contributed by atoms with Crippen molar-refractivity contribution >= 4 is 11.9 Å². The van der Waals surface area contributed by atoms with E-state index in [4.69, 9.17) is 0 Å². The van der Waals surface area contributed by atoms with Gasteiger partial charge in [0.15, 0.2) is 5.96 Å². The second-order valence-corrected chi connectivity index (χ2v) is 7.60. The maximum Gasteiger partial charge on any atom is 0.253 e. The van der Waals surface area contributed by atoms with Gasteiger partial charge in [0.05, 0.1) is 0 Å². The van der Waals surface area contributed by atoms with Gasteiger partial charge in [0, 0.05) is 58.7 Å². The number of carbonyl (C=O) groups is 1. The fourth-order valence-corrected chi connectivity index (χ4v) is 3.22. The molecule has 1 amide bonds. The minimum absolute atomic E-state index is 0.00224. The van der Waals surface area contributed by atoms with Crippen molar-refractivity contribution in [2.24, 2.45) is 4.99 Å². The fourth-order valence-electron chi connectivity index (χ4n) is 3.22. The molecule has 3 rings (SSSR count). The molecular weight excluding hydrogens is 388 g/mol. The molecule has 1 aromatic heterocycles. The number of aryl methyl sites for hydroxylation is 1. The van der Waals surface area contributed by atoms with Gasteiger partial charge in [0.2, 0.25) is 0 Å². The molecule has 0 bridgehead atoms. The Morgan fingerprint density at radius 3 is 2.32 bits per heavy atom. The Balaban J connectivity index is 1.52. The molecule has 0 unspecified atom stereocenters. The standard InChI is InChI=1S/C24H30N6O/c1-18-26-12-13-30(18)17-21-7-5-6-20(14-21)16-28-24(25-2)27-15-19-8-10-22(11-9-19)23(31)29(3)4/h5-14H,15-17H2,1-4H3,(H2,25,27,28). The van der Waals surface area contributed by atoms with Crippen LogP contribution in [0.2, 0.25) is 0 Å². The van der Waals surface area contributed by atoms with Crippen LogP contribution in [0.3, 0.4) is 0 Å². The number of guanidine groups is 1. The van der Waals surface area contributed by atoms with Gasteiger partial charge in [-0.25, -0.2) is 4.98 Å². The van der Waals surface area contributed by atoms with Crippen molar-refractivity contribution in [1.29, 1.82) is 0 Å². The van der Waals surface area contributed by atoms with E-state index in [0.717, 1.165) is 23.9 Å². The van der Waals surface area contributed by atoms with Gasteiger partial charge in [-0.15, -0.1) is 0 Å². The lowest BCUT2D eigenvalue weighted by atomic mass is 10.1. The van der Waals surface area contributed by atoms with Gasteiger partial charge in [0.1, 0.15) is 5.82 Å². The average Bonchev–Trinajstić information content (AvgIpc) is 3.18. The predicted molar refractivity (Wildman–Crippen MR) is 124 cm³/mol. The fraction of sp³-hybridized carbons (Fsp3) is 0.292. The Labute approximate surface area is 183 Å². The van der Waals surface area contributed by atoms with Crippen LogP contribution in [0.25, 0.3) is 0 Å². The molecule has 7 nitrogen and oxygen atoms in total. The number of aliphatic imine (C=N–C) groups is 1. The first-order valence-electron chi connectivity index (χ1n) is 10.3. The molecule has 0 aliphatic rings. The molecule has 0 aliphatic heterocycles. The first-order valence-corrected chi connectivity index (χ1v) is 10.3. The highest BCUT2D eigenvalue weighted by molar-refractivity contribution is 5.93. The van der Waals surface area contributed by atoms with E-state index in [9.17, 15) is 4.79 Å². The topological polar surface area (TPSA) is 74.6 Å². The molecule has 7 heteroatoms. The minimum Gasteiger partial charge on any atom is -0.352 e. The Morgan fingerprint density at radius 2 is 1.71 bits per heavy atom. The Morgan fingerprint density at radius 1 is 1.03 bits per heavy atom. The summed E-state index contributed by atoms with van der Waals surface area (Å²) in [7, 11) is 5.26. The molecule has 31 heavy (non-hydrogen) atoms. The maximum atomic E-state index is 12.0. The third kappa shape index (κ3) is 6.18. The highest BCUT2D eigenvalue weighted by Gasteiger charge is 2.07. The third-order valence-electron chi connectivity index (χ3n) is 5.02. The zero-order chi connectivity index (χ0) is 22.2. The SMILES string of the molecule is CN=C(NCc1ccc(C(=O)N(C)C)cc1)NCc1cccc(Cn2ccnc2C)c1. The average molecular weight is 419 g/mol. The van der Waals surface area contributed by atoms with E-state index in [-0.39, 0.29) is 5.91 Å². The normalized spacial score (nSPS) is 11.3. The summed E-state index contributed by atoms with van der Waals surface area (Å²) >= 11 is 0. The minimum atomic E-state index is 0.00224. The van der Waals surface area contributed by atoms with Crippen LogP contribution in [0.5, 0.6) is 0 Å². The van der Waals surface area contributed by atoms with Gasteiger partial charge in [-0.3, -0.25) is 9.79 Å². The van der Waals surface area contributed by atoms with Crippen molar-refractivity contribution < 1.29 is 4.79 Å². The predicted octanol–water partition coefficient (Wildman–Crippen LogP) is 2.81. The lowest BCUT2D eigenvalue weighted by Crippen LogP contribution is -2.36. The van der Waals surface area contributed by atoms with Gasteiger partial charge in [-0.05, 0) is 35.7 Å². The zero-order valence-electron chi connectivity index (χ0n) is 18.6. The van der Waals surface area contributed by atoms with Crippen LogP contribution in [-0.2, 0) is 19.6 Å². The monoisotopic (exact) mass is 418 g/mol. The highest BCUT2D eigenvalue weighted by atomic mass is 16.2. The molecule has 0 atom stereocenters. The zero-order valence-corrected chi connectivity index (χ0v) is 18.6. The summed E-state index contributed by atoms with van der Waals surface area (Å²) in [4.78, 5) is 22.2. The van der Waals surface area contributed by atoms with Crippen LogP contribution in [0.15, 0.2) is 65.9 Å². The van der Waals surface area contributed by atoms with E-state index in [1.807, 2.05) is 43.6 Å². The van der Waals surface area contributed by atoms with Gasteiger partial charge in [-0.1, -0.05) is 36.4 Å². The van der Waals surface area contributed by atoms with E-state index >= 15 is 0 Å². The van der Waals surface area contributed by atoms with Crippen molar-refractivity contribution in [3.63, 3.8) is 0 Å². The maximum absolute atomic E-state index is 12.0. The second-order valence-electron chi connectivity index (χ2n) is 7.60.